The number of aryl methyl sites for hydroxylation is 1. The summed E-state index contributed by atoms with van der Waals surface area (Å²) in [5.74, 6) is 0.640. The highest BCUT2D eigenvalue weighted by atomic mass is 79.9. The summed E-state index contributed by atoms with van der Waals surface area (Å²) in [6, 6.07) is 10.2. The van der Waals surface area contributed by atoms with Crippen molar-refractivity contribution in [3.63, 3.8) is 0 Å². The van der Waals surface area contributed by atoms with Crippen molar-refractivity contribution in [2.45, 2.75) is 19.9 Å². The molecule has 0 spiro atoms. The number of aromatic nitrogens is 1. The van der Waals surface area contributed by atoms with Crippen LogP contribution in [0.3, 0.4) is 0 Å². The van der Waals surface area contributed by atoms with E-state index < -0.39 is 0 Å². The van der Waals surface area contributed by atoms with E-state index >= 15 is 0 Å². The summed E-state index contributed by atoms with van der Waals surface area (Å²) in [7, 11) is 1.62. The molecule has 2 aromatic rings. The first-order valence-corrected chi connectivity index (χ1v) is 7.03. The maximum absolute atomic E-state index is 5.04. The van der Waals surface area contributed by atoms with Gasteiger partial charge in [0.1, 0.15) is 0 Å². The first-order chi connectivity index (χ1) is 9.22. The van der Waals surface area contributed by atoms with E-state index in [2.05, 4.69) is 45.3 Å². The molecule has 0 bridgehead atoms. The van der Waals surface area contributed by atoms with Crippen LogP contribution in [0.2, 0.25) is 0 Å². The van der Waals surface area contributed by atoms with Gasteiger partial charge < -0.3 is 10.1 Å². The maximum Gasteiger partial charge on any atom is 0.212 e. The van der Waals surface area contributed by atoms with Crippen LogP contribution < -0.4 is 10.1 Å². The highest BCUT2D eigenvalue weighted by Crippen LogP contribution is 2.22. The van der Waals surface area contributed by atoms with Gasteiger partial charge in [-0.1, -0.05) is 28.9 Å². The zero-order chi connectivity index (χ0) is 13.7. The normalized spacial score (nSPS) is 10.3. The van der Waals surface area contributed by atoms with Crippen molar-refractivity contribution < 1.29 is 4.74 Å². The van der Waals surface area contributed by atoms with E-state index in [0.29, 0.717) is 5.88 Å². The molecule has 1 aromatic heterocycles. The van der Waals surface area contributed by atoms with Gasteiger partial charge >= 0.3 is 0 Å². The van der Waals surface area contributed by atoms with Crippen LogP contribution in [0.5, 0.6) is 5.88 Å². The summed E-state index contributed by atoms with van der Waals surface area (Å²) in [5.41, 5.74) is 3.60. The Bertz CT molecular complexity index is 540. The lowest BCUT2D eigenvalue weighted by Gasteiger charge is -2.11. The molecular formula is C15H17BrN2O. The molecule has 0 fully saturated rings. The molecule has 3 nitrogen and oxygen atoms in total. The second-order valence-corrected chi connectivity index (χ2v) is 5.13. The summed E-state index contributed by atoms with van der Waals surface area (Å²) in [4.78, 5) is 4.20. The van der Waals surface area contributed by atoms with Crippen molar-refractivity contribution in [1.29, 1.82) is 0 Å². The number of nitrogens with zero attached hydrogens (tertiary/aromatic N) is 1. The summed E-state index contributed by atoms with van der Waals surface area (Å²) >= 11 is 3.50. The van der Waals surface area contributed by atoms with E-state index in [0.717, 1.165) is 23.0 Å². The van der Waals surface area contributed by atoms with Crippen LogP contribution in [0.4, 0.5) is 5.69 Å². The number of hydrogen-bond acceptors (Lipinski definition) is 3. The number of anilines is 1. The predicted molar refractivity (Wildman–Crippen MR) is 81.6 cm³/mol. The zero-order valence-corrected chi connectivity index (χ0v) is 12.7. The molecule has 0 saturated carbocycles. The van der Waals surface area contributed by atoms with Gasteiger partial charge in [0.25, 0.3) is 0 Å². The Hall–Kier alpha value is -1.55. The lowest BCUT2D eigenvalue weighted by atomic mass is 10.1. The molecule has 0 atom stereocenters. The van der Waals surface area contributed by atoms with Crippen LogP contribution in [0, 0.1) is 0 Å². The molecule has 0 saturated heterocycles. The second kappa shape index (κ2) is 6.57. The van der Waals surface area contributed by atoms with Crippen molar-refractivity contribution in [1.82, 2.24) is 4.98 Å². The van der Waals surface area contributed by atoms with Gasteiger partial charge in [-0.15, -0.1) is 0 Å². The Morgan fingerprint density at radius 2 is 2.11 bits per heavy atom. The summed E-state index contributed by atoms with van der Waals surface area (Å²) in [6.45, 7) is 2.91. The van der Waals surface area contributed by atoms with Crippen LogP contribution in [0.1, 0.15) is 18.1 Å². The third-order valence-corrected chi connectivity index (χ3v) is 3.43. The fraction of sp³-hybridized carbons (Fsp3) is 0.267. The largest absolute Gasteiger partial charge is 0.481 e. The molecule has 0 aliphatic rings. The Kier molecular flexibility index (Phi) is 4.80. The number of halogens is 1. The fourth-order valence-electron chi connectivity index (χ4n) is 1.86. The summed E-state index contributed by atoms with van der Waals surface area (Å²) < 4.78 is 6.16. The van der Waals surface area contributed by atoms with Gasteiger partial charge in [0.05, 0.1) is 7.11 Å². The Morgan fingerprint density at radius 3 is 2.74 bits per heavy atom. The Morgan fingerprint density at radius 1 is 1.26 bits per heavy atom. The van der Waals surface area contributed by atoms with E-state index in [1.165, 1.54) is 11.3 Å². The smallest absolute Gasteiger partial charge is 0.212 e. The quantitative estimate of drug-likeness (QED) is 0.903. The molecule has 1 N–H and O–H groups in total. The monoisotopic (exact) mass is 320 g/mol. The lowest BCUT2D eigenvalue weighted by molar-refractivity contribution is 0.397. The number of hydrogen-bond donors (Lipinski definition) is 1. The molecule has 0 aliphatic heterocycles. The van der Waals surface area contributed by atoms with Crippen LogP contribution in [0.25, 0.3) is 0 Å². The molecule has 1 aromatic carbocycles. The number of rotatable bonds is 5. The second-order valence-electron chi connectivity index (χ2n) is 4.22. The average Bonchev–Trinajstić information content (AvgIpc) is 2.46. The molecule has 2 rings (SSSR count). The van der Waals surface area contributed by atoms with E-state index in [4.69, 9.17) is 4.74 Å². The molecule has 0 aliphatic carbocycles. The third-order valence-electron chi connectivity index (χ3n) is 2.94. The van der Waals surface area contributed by atoms with Crippen molar-refractivity contribution in [2.75, 3.05) is 12.4 Å². The molecule has 0 radical (unpaired) electrons. The van der Waals surface area contributed by atoms with Crippen LogP contribution in [-0.4, -0.2) is 12.1 Å². The first kappa shape index (κ1) is 13.9. The van der Waals surface area contributed by atoms with Gasteiger partial charge in [0.15, 0.2) is 0 Å². The minimum absolute atomic E-state index is 0.640. The van der Waals surface area contributed by atoms with Crippen LogP contribution in [0.15, 0.2) is 41.0 Å². The molecule has 19 heavy (non-hydrogen) atoms. The van der Waals surface area contributed by atoms with Gasteiger partial charge in [-0.05, 0) is 35.7 Å². The van der Waals surface area contributed by atoms with Gasteiger partial charge in [-0.2, -0.15) is 0 Å². The fourth-order valence-corrected chi connectivity index (χ4v) is 2.27. The van der Waals surface area contributed by atoms with Crippen molar-refractivity contribution in [3.8, 4) is 5.88 Å². The first-order valence-electron chi connectivity index (χ1n) is 6.24. The molecule has 0 unspecified atom stereocenters. The standard InChI is InChI=1S/C15H17BrN2O/c1-3-12-8-13(16)5-6-14(12)17-9-11-4-7-15(19-2)18-10-11/h4-8,10,17H,3,9H2,1-2H3. The average molecular weight is 321 g/mol. The highest BCUT2D eigenvalue weighted by Gasteiger charge is 2.02. The molecule has 100 valence electrons. The number of ether oxygens (including phenoxy) is 1. The molecular weight excluding hydrogens is 304 g/mol. The van der Waals surface area contributed by atoms with Crippen molar-refractivity contribution in [3.05, 3.63) is 52.1 Å². The van der Waals surface area contributed by atoms with E-state index in [-0.39, 0.29) is 0 Å². The van der Waals surface area contributed by atoms with E-state index in [1.807, 2.05) is 24.4 Å². The number of nitrogens with one attached hydrogen (secondary N) is 1. The Balaban J connectivity index is 2.05. The topological polar surface area (TPSA) is 34.1 Å². The van der Waals surface area contributed by atoms with E-state index in [1.54, 1.807) is 7.11 Å². The molecule has 4 heteroatoms. The van der Waals surface area contributed by atoms with Crippen molar-refractivity contribution >= 4 is 21.6 Å². The highest BCUT2D eigenvalue weighted by molar-refractivity contribution is 9.10. The SMILES string of the molecule is CCc1cc(Br)ccc1NCc1ccc(OC)nc1. The van der Waals surface area contributed by atoms with Gasteiger partial charge in [-0.25, -0.2) is 4.98 Å². The van der Waals surface area contributed by atoms with Crippen molar-refractivity contribution in [2.24, 2.45) is 0 Å². The predicted octanol–water partition coefficient (Wildman–Crippen LogP) is 4.03. The van der Waals surface area contributed by atoms with Gasteiger partial charge in [-0.3, -0.25) is 0 Å². The minimum Gasteiger partial charge on any atom is -0.481 e. The number of benzene rings is 1. The van der Waals surface area contributed by atoms with Crippen LogP contribution >= 0.6 is 15.9 Å². The minimum atomic E-state index is 0.640. The van der Waals surface area contributed by atoms with Crippen LogP contribution in [-0.2, 0) is 13.0 Å². The van der Waals surface area contributed by atoms with Gasteiger partial charge in [0, 0.05) is 29.0 Å². The maximum atomic E-state index is 5.04. The summed E-state index contributed by atoms with van der Waals surface area (Å²) in [6.07, 6.45) is 2.83. The van der Waals surface area contributed by atoms with Gasteiger partial charge in [0.2, 0.25) is 5.88 Å². The number of pyridine rings is 1. The lowest BCUT2D eigenvalue weighted by Crippen LogP contribution is -2.02. The zero-order valence-electron chi connectivity index (χ0n) is 11.1. The third kappa shape index (κ3) is 3.70. The molecule has 1 heterocycles. The summed E-state index contributed by atoms with van der Waals surface area (Å²) in [5, 5.41) is 3.44. The van der Waals surface area contributed by atoms with E-state index in [9.17, 15) is 0 Å². The molecule has 0 amide bonds. The number of methoxy groups -OCH3 is 1. The Labute approximate surface area is 122 Å².